The summed E-state index contributed by atoms with van der Waals surface area (Å²) in [6.45, 7) is 1.00. The van der Waals surface area contributed by atoms with Crippen LogP contribution in [0, 0.1) is 0 Å². The Morgan fingerprint density at radius 3 is 1.92 bits per heavy atom. The summed E-state index contributed by atoms with van der Waals surface area (Å²) in [5, 5.41) is 0. The molecule has 1 amide bonds. The van der Waals surface area contributed by atoms with Crippen molar-refractivity contribution in [3.63, 3.8) is 0 Å². The van der Waals surface area contributed by atoms with Gasteiger partial charge in [0.2, 0.25) is 5.91 Å². The highest BCUT2D eigenvalue weighted by Gasteiger charge is 2.15. The third kappa shape index (κ3) is 6.79. The van der Waals surface area contributed by atoms with Gasteiger partial charge in [0.15, 0.2) is 0 Å². The molecule has 0 saturated carbocycles. The maximum Gasteiger partial charge on any atom is 0.307 e. The molecule has 132 valence electrons. The number of rotatable bonds is 9. The fourth-order valence-corrected chi connectivity index (χ4v) is 2.65. The van der Waals surface area contributed by atoms with E-state index < -0.39 is 0 Å². The van der Waals surface area contributed by atoms with Crippen LogP contribution in [0.5, 0.6) is 0 Å². The lowest BCUT2D eigenvalue weighted by atomic mass is 10.1. The molecule has 0 saturated heterocycles. The first-order valence-electron chi connectivity index (χ1n) is 8.61. The summed E-state index contributed by atoms with van der Waals surface area (Å²) in [5.41, 5.74) is 2.33. The third-order valence-corrected chi connectivity index (χ3v) is 4.15. The van der Waals surface area contributed by atoms with Crippen molar-refractivity contribution in [1.29, 1.82) is 0 Å². The second-order valence-corrected chi connectivity index (χ2v) is 5.93. The fraction of sp³-hybridized carbons (Fsp3) is 0.333. The summed E-state index contributed by atoms with van der Waals surface area (Å²) in [5.74, 6) is -0.218. The van der Waals surface area contributed by atoms with Crippen molar-refractivity contribution in [2.75, 3.05) is 20.2 Å². The number of amides is 1. The van der Waals surface area contributed by atoms with Gasteiger partial charge in [0, 0.05) is 19.5 Å². The summed E-state index contributed by atoms with van der Waals surface area (Å²) in [7, 11) is 1.37. The van der Waals surface area contributed by atoms with Crippen LogP contribution in [0.15, 0.2) is 60.7 Å². The van der Waals surface area contributed by atoms with Gasteiger partial charge in [0.05, 0.1) is 13.5 Å². The average Bonchev–Trinajstić information content (AvgIpc) is 2.67. The van der Waals surface area contributed by atoms with Crippen LogP contribution in [0.25, 0.3) is 0 Å². The Kier molecular flexibility index (Phi) is 7.70. The molecule has 4 heteroatoms. The van der Waals surface area contributed by atoms with Crippen LogP contribution in [0.1, 0.15) is 24.0 Å². The number of ether oxygens (including phenoxy) is 1. The summed E-state index contributed by atoms with van der Waals surface area (Å²) in [6.07, 6.45) is 2.15. The summed E-state index contributed by atoms with van der Waals surface area (Å²) in [4.78, 5) is 25.8. The minimum Gasteiger partial charge on any atom is -0.469 e. The molecule has 0 aliphatic rings. The van der Waals surface area contributed by atoms with Gasteiger partial charge in [-0.25, -0.2) is 0 Å². The number of carbonyl (C=O) groups excluding carboxylic acids is 2. The van der Waals surface area contributed by atoms with Gasteiger partial charge < -0.3 is 9.64 Å². The molecule has 2 rings (SSSR count). The summed E-state index contributed by atoms with van der Waals surface area (Å²) in [6, 6.07) is 20.0. The number of hydrogen-bond donors (Lipinski definition) is 0. The van der Waals surface area contributed by atoms with E-state index in [0.717, 1.165) is 12.0 Å². The Bertz CT molecular complexity index is 655. The molecule has 0 radical (unpaired) electrons. The normalized spacial score (nSPS) is 10.3. The van der Waals surface area contributed by atoms with Crippen LogP contribution in [0.4, 0.5) is 0 Å². The molecular weight excluding hydrogens is 314 g/mol. The van der Waals surface area contributed by atoms with Crippen LogP contribution in [0.3, 0.4) is 0 Å². The Morgan fingerprint density at radius 2 is 1.36 bits per heavy atom. The maximum absolute atomic E-state index is 12.6. The van der Waals surface area contributed by atoms with Crippen LogP contribution in [-0.2, 0) is 27.2 Å². The topological polar surface area (TPSA) is 46.6 Å². The maximum atomic E-state index is 12.6. The number of nitrogens with zero attached hydrogens (tertiary/aromatic N) is 1. The Labute approximate surface area is 149 Å². The van der Waals surface area contributed by atoms with Gasteiger partial charge in [-0.15, -0.1) is 0 Å². The largest absolute Gasteiger partial charge is 0.469 e. The lowest BCUT2D eigenvalue weighted by molar-refractivity contribution is -0.141. The molecule has 0 fully saturated rings. The van der Waals surface area contributed by atoms with E-state index in [0.29, 0.717) is 25.9 Å². The van der Waals surface area contributed by atoms with Crippen molar-refractivity contribution >= 4 is 11.9 Å². The molecule has 4 nitrogen and oxygen atoms in total. The lowest BCUT2D eigenvalue weighted by Crippen LogP contribution is -2.35. The van der Waals surface area contributed by atoms with E-state index in [2.05, 4.69) is 0 Å². The molecule has 0 bridgehead atoms. The predicted octanol–water partition coefficient (Wildman–Crippen LogP) is 3.25. The zero-order valence-corrected chi connectivity index (χ0v) is 14.7. The minimum atomic E-state index is -0.291. The highest BCUT2D eigenvalue weighted by Crippen LogP contribution is 2.08. The van der Waals surface area contributed by atoms with E-state index in [1.54, 1.807) is 4.90 Å². The number of aryl methyl sites for hydroxylation is 1. The first-order valence-corrected chi connectivity index (χ1v) is 8.61. The predicted molar refractivity (Wildman–Crippen MR) is 98.1 cm³/mol. The van der Waals surface area contributed by atoms with Crippen LogP contribution in [-0.4, -0.2) is 37.0 Å². The van der Waals surface area contributed by atoms with Gasteiger partial charge in [-0.3, -0.25) is 9.59 Å². The van der Waals surface area contributed by atoms with Crippen molar-refractivity contribution in [3.8, 4) is 0 Å². The molecule has 2 aromatic rings. The molecule has 0 heterocycles. The molecule has 0 aliphatic carbocycles. The van der Waals surface area contributed by atoms with E-state index in [1.807, 2.05) is 60.7 Å². The van der Waals surface area contributed by atoms with Gasteiger partial charge >= 0.3 is 5.97 Å². The zero-order chi connectivity index (χ0) is 17.9. The van der Waals surface area contributed by atoms with E-state index in [4.69, 9.17) is 4.74 Å². The molecule has 0 atom stereocenters. The fourth-order valence-electron chi connectivity index (χ4n) is 2.65. The smallest absolute Gasteiger partial charge is 0.307 e. The van der Waals surface area contributed by atoms with E-state index in [1.165, 1.54) is 12.7 Å². The standard InChI is InChI=1S/C21H25NO3/c1-25-21(24)15-17-22(16-14-19-10-6-3-7-11-19)20(23)13-12-18-8-4-2-5-9-18/h2-11H,12-17H2,1H3. The molecule has 25 heavy (non-hydrogen) atoms. The van der Waals surface area contributed by atoms with Gasteiger partial charge in [-0.05, 0) is 24.0 Å². The van der Waals surface area contributed by atoms with Crippen LogP contribution in [0.2, 0.25) is 0 Å². The SMILES string of the molecule is COC(=O)CCN(CCc1ccccc1)C(=O)CCc1ccccc1. The van der Waals surface area contributed by atoms with E-state index in [9.17, 15) is 9.59 Å². The highest BCUT2D eigenvalue weighted by atomic mass is 16.5. The van der Waals surface area contributed by atoms with Crippen molar-refractivity contribution in [2.24, 2.45) is 0 Å². The molecule has 0 aliphatic heterocycles. The zero-order valence-electron chi connectivity index (χ0n) is 14.7. The number of carbonyl (C=O) groups is 2. The Morgan fingerprint density at radius 1 is 0.800 bits per heavy atom. The molecule has 0 spiro atoms. The minimum absolute atomic E-state index is 0.0729. The van der Waals surface area contributed by atoms with Crippen molar-refractivity contribution < 1.29 is 14.3 Å². The first kappa shape index (κ1) is 18.7. The Hall–Kier alpha value is -2.62. The molecule has 0 N–H and O–H groups in total. The van der Waals surface area contributed by atoms with Crippen molar-refractivity contribution in [1.82, 2.24) is 4.90 Å². The van der Waals surface area contributed by atoms with Crippen LogP contribution >= 0.6 is 0 Å². The van der Waals surface area contributed by atoms with Gasteiger partial charge in [-0.1, -0.05) is 60.7 Å². The Balaban J connectivity index is 1.91. The average molecular weight is 339 g/mol. The van der Waals surface area contributed by atoms with Gasteiger partial charge in [-0.2, -0.15) is 0 Å². The van der Waals surface area contributed by atoms with Gasteiger partial charge in [0.25, 0.3) is 0 Å². The quantitative estimate of drug-likeness (QED) is 0.659. The second kappa shape index (κ2) is 10.3. The number of benzene rings is 2. The molecular formula is C21H25NO3. The molecule has 0 aromatic heterocycles. The van der Waals surface area contributed by atoms with Crippen molar-refractivity contribution in [2.45, 2.75) is 25.7 Å². The summed E-state index contributed by atoms with van der Waals surface area (Å²) < 4.78 is 4.70. The third-order valence-electron chi connectivity index (χ3n) is 4.15. The first-order chi connectivity index (χ1) is 12.2. The molecule has 0 unspecified atom stereocenters. The number of esters is 1. The van der Waals surface area contributed by atoms with Crippen molar-refractivity contribution in [3.05, 3.63) is 71.8 Å². The van der Waals surface area contributed by atoms with E-state index in [-0.39, 0.29) is 18.3 Å². The van der Waals surface area contributed by atoms with Gasteiger partial charge in [0.1, 0.15) is 0 Å². The van der Waals surface area contributed by atoms with Crippen LogP contribution < -0.4 is 0 Å². The number of hydrogen-bond acceptors (Lipinski definition) is 3. The lowest BCUT2D eigenvalue weighted by Gasteiger charge is -2.22. The second-order valence-electron chi connectivity index (χ2n) is 5.93. The monoisotopic (exact) mass is 339 g/mol. The van der Waals surface area contributed by atoms with E-state index >= 15 is 0 Å². The highest BCUT2D eigenvalue weighted by molar-refractivity contribution is 5.77. The molecule has 2 aromatic carbocycles. The number of methoxy groups -OCH3 is 1. The summed E-state index contributed by atoms with van der Waals surface area (Å²) >= 11 is 0.